The van der Waals surface area contributed by atoms with E-state index in [0.717, 1.165) is 18.2 Å². The average Bonchev–Trinajstić information content (AvgIpc) is 2.65. The lowest BCUT2D eigenvalue weighted by atomic mass is 10.1. The lowest BCUT2D eigenvalue weighted by Crippen LogP contribution is -2.33. The molecule has 1 aromatic heterocycles. The number of hydrogen-bond acceptors (Lipinski definition) is 5. The van der Waals surface area contributed by atoms with E-state index in [1.807, 2.05) is 0 Å². The highest BCUT2D eigenvalue weighted by atomic mass is 19.4. The second-order valence-electron chi connectivity index (χ2n) is 6.56. The summed E-state index contributed by atoms with van der Waals surface area (Å²) in [7, 11) is 0. The number of rotatable bonds is 9. The maximum Gasteiger partial charge on any atom is 0.433 e. The van der Waals surface area contributed by atoms with Crippen molar-refractivity contribution in [2.75, 3.05) is 19.6 Å². The zero-order valence-electron chi connectivity index (χ0n) is 16.4. The van der Waals surface area contributed by atoms with Crippen LogP contribution in [0.25, 0.3) is 0 Å². The Balaban J connectivity index is 3.36. The SMILES string of the molecule is O=C(O)CCN(CCC(=O)O)CC(O)c1ccccc(C(F)(F)F)cnc(C(F)(F)F)c1. The summed E-state index contributed by atoms with van der Waals surface area (Å²) >= 11 is 0. The minimum atomic E-state index is -5.14. The quantitative estimate of drug-likeness (QED) is 0.474. The molecule has 0 aliphatic carbocycles. The molecule has 1 unspecified atom stereocenters. The highest BCUT2D eigenvalue weighted by Crippen LogP contribution is 2.30. The van der Waals surface area contributed by atoms with Crippen LogP contribution in [0.1, 0.15) is 35.8 Å². The van der Waals surface area contributed by atoms with Gasteiger partial charge in [0.15, 0.2) is 0 Å². The van der Waals surface area contributed by atoms with Crippen LogP contribution < -0.4 is 0 Å². The van der Waals surface area contributed by atoms with Crippen LogP contribution in [0.2, 0.25) is 0 Å². The summed E-state index contributed by atoms with van der Waals surface area (Å²) < 4.78 is 78.5. The van der Waals surface area contributed by atoms with Gasteiger partial charge >= 0.3 is 24.3 Å². The first-order chi connectivity index (χ1) is 14.7. The Labute approximate surface area is 178 Å². The van der Waals surface area contributed by atoms with Gasteiger partial charge in [0.25, 0.3) is 0 Å². The molecule has 0 fully saturated rings. The Morgan fingerprint density at radius 3 is 1.94 bits per heavy atom. The van der Waals surface area contributed by atoms with Crippen molar-refractivity contribution in [3.05, 3.63) is 53.3 Å². The van der Waals surface area contributed by atoms with Crippen molar-refractivity contribution in [2.45, 2.75) is 31.3 Å². The molecule has 0 saturated heterocycles. The summed E-state index contributed by atoms with van der Waals surface area (Å²) in [5.74, 6) is -2.41. The molecule has 7 nitrogen and oxygen atoms in total. The number of aliphatic hydroxyl groups excluding tert-OH is 1. The minimum Gasteiger partial charge on any atom is -0.481 e. The van der Waals surface area contributed by atoms with E-state index in [2.05, 4.69) is 4.98 Å². The van der Waals surface area contributed by atoms with Gasteiger partial charge in [-0.15, -0.1) is 0 Å². The van der Waals surface area contributed by atoms with Crippen molar-refractivity contribution in [3.8, 4) is 0 Å². The molecular formula is C19H20F6N2O5. The molecule has 0 aliphatic heterocycles. The molecule has 1 heterocycles. The van der Waals surface area contributed by atoms with E-state index >= 15 is 0 Å². The first-order valence-corrected chi connectivity index (χ1v) is 9.03. The van der Waals surface area contributed by atoms with Gasteiger partial charge in [-0.1, -0.05) is 18.2 Å². The van der Waals surface area contributed by atoms with Crippen LogP contribution >= 0.6 is 0 Å². The Kier molecular flexibility index (Phi) is 9.84. The van der Waals surface area contributed by atoms with E-state index in [-0.39, 0.29) is 24.8 Å². The molecule has 178 valence electrons. The molecular weight excluding hydrogens is 450 g/mol. The minimum absolute atomic E-state index is 0.0189. The average molecular weight is 470 g/mol. The maximum absolute atomic E-state index is 13.3. The summed E-state index contributed by atoms with van der Waals surface area (Å²) in [6, 6.07) is 3.73. The van der Waals surface area contributed by atoms with E-state index in [4.69, 9.17) is 10.2 Å². The summed E-state index contributed by atoms with van der Waals surface area (Å²) in [4.78, 5) is 25.7. The van der Waals surface area contributed by atoms with Crippen molar-refractivity contribution < 1.29 is 51.3 Å². The van der Waals surface area contributed by atoms with E-state index in [1.165, 1.54) is 4.90 Å². The van der Waals surface area contributed by atoms with E-state index in [9.17, 15) is 41.0 Å². The summed E-state index contributed by atoms with van der Waals surface area (Å²) in [5.41, 5.74) is -3.49. The zero-order valence-corrected chi connectivity index (χ0v) is 16.4. The molecule has 0 spiro atoms. The second-order valence-corrected chi connectivity index (χ2v) is 6.56. The predicted octanol–water partition coefficient (Wildman–Crippen LogP) is 3.53. The molecule has 0 amide bonds. The van der Waals surface area contributed by atoms with Crippen LogP contribution in [0.3, 0.4) is 0 Å². The normalized spacial score (nSPS) is 12.9. The van der Waals surface area contributed by atoms with Crippen molar-refractivity contribution in [1.29, 1.82) is 0 Å². The van der Waals surface area contributed by atoms with Gasteiger partial charge in [0, 0.05) is 25.8 Å². The fourth-order valence-electron chi connectivity index (χ4n) is 2.43. The molecule has 0 saturated carbocycles. The van der Waals surface area contributed by atoms with Gasteiger partial charge in [-0.3, -0.25) is 19.5 Å². The Morgan fingerprint density at radius 1 is 0.938 bits per heavy atom. The molecule has 0 aromatic carbocycles. The van der Waals surface area contributed by atoms with E-state index < -0.39 is 61.0 Å². The van der Waals surface area contributed by atoms with Crippen LogP contribution in [0, 0.1) is 0 Å². The third-order valence-corrected chi connectivity index (χ3v) is 4.04. The molecule has 1 aromatic rings. The van der Waals surface area contributed by atoms with Crippen LogP contribution in [0.4, 0.5) is 26.3 Å². The monoisotopic (exact) mass is 470 g/mol. The number of halogens is 6. The van der Waals surface area contributed by atoms with Gasteiger partial charge in [0.2, 0.25) is 0 Å². The Morgan fingerprint density at radius 2 is 1.47 bits per heavy atom. The summed E-state index contributed by atoms with van der Waals surface area (Å²) in [5, 5.41) is 28.0. The number of nitrogens with zero attached hydrogens (tertiary/aromatic N) is 2. The molecule has 0 aliphatic rings. The number of aliphatic hydroxyl groups is 1. The fraction of sp³-hybridized carbons (Fsp3) is 0.421. The van der Waals surface area contributed by atoms with Crippen molar-refractivity contribution in [1.82, 2.24) is 9.88 Å². The van der Waals surface area contributed by atoms with Gasteiger partial charge < -0.3 is 15.3 Å². The molecule has 3 N–H and O–H groups in total. The van der Waals surface area contributed by atoms with Crippen LogP contribution in [0.5, 0.6) is 0 Å². The topological polar surface area (TPSA) is 111 Å². The molecule has 0 radical (unpaired) electrons. The van der Waals surface area contributed by atoms with Crippen LogP contribution in [0.15, 0.2) is 36.5 Å². The number of aromatic nitrogens is 1. The summed E-state index contributed by atoms with van der Waals surface area (Å²) in [6.07, 6.45) is -12.5. The predicted molar refractivity (Wildman–Crippen MR) is 97.8 cm³/mol. The van der Waals surface area contributed by atoms with Gasteiger partial charge in [-0.2, -0.15) is 26.3 Å². The first-order valence-electron chi connectivity index (χ1n) is 9.03. The molecule has 1 atom stereocenters. The van der Waals surface area contributed by atoms with Crippen molar-refractivity contribution in [2.24, 2.45) is 0 Å². The number of carbonyl (C=O) groups is 2. The third kappa shape index (κ3) is 9.92. The zero-order chi connectivity index (χ0) is 24.5. The number of hydrogen-bond donors (Lipinski definition) is 3. The first kappa shape index (κ1) is 27.1. The lowest BCUT2D eigenvalue weighted by molar-refractivity contribution is -0.143. The van der Waals surface area contributed by atoms with Gasteiger partial charge in [-0.05, 0) is 17.7 Å². The number of aliphatic carboxylic acids is 2. The van der Waals surface area contributed by atoms with Crippen molar-refractivity contribution in [3.63, 3.8) is 0 Å². The smallest absolute Gasteiger partial charge is 0.433 e. The fourth-order valence-corrected chi connectivity index (χ4v) is 2.43. The highest BCUT2D eigenvalue weighted by Gasteiger charge is 2.34. The van der Waals surface area contributed by atoms with E-state index in [1.54, 1.807) is 0 Å². The molecule has 32 heavy (non-hydrogen) atoms. The van der Waals surface area contributed by atoms with Gasteiger partial charge in [0.1, 0.15) is 5.69 Å². The Hall–Kier alpha value is -2.93. The number of carboxylic acids is 2. The van der Waals surface area contributed by atoms with Gasteiger partial charge in [0.05, 0.1) is 24.5 Å². The third-order valence-electron chi connectivity index (χ3n) is 4.04. The molecule has 1 rings (SSSR count). The summed E-state index contributed by atoms with van der Waals surface area (Å²) in [6.45, 7) is -0.793. The van der Waals surface area contributed by atoms with Gasteiger partial charge in [-0.25, -0.2) is 0 Å². The van der Waals surface area contributed by atoms with Crippen LogP contribution in [-0.2, 0) is 21.9 Å². The molecule has 13 heteroatoms. The van der Waals surface area contributed by atoms with Crippen LogP contribution in [-0.4, -0.2) is 56.8 Å². The lowest BCUT2D eigenvalue weighted by Gasteiger charge is -2.24. The largest absolute Gasteiger partial charge is 0.481 e. The number of carboxylic acid groups (broad SMARTS) is 2. The standard InChI is InChI=1S/C19H20F6N2O5/c20-18(21,22)13-4-2-1-3-12(9-15(26-10-13)19(23,24)25)14(28)11-27(7-5-16(29)30)8-6-17(31)32/h1-4,9-10,14,28H,5-8,11H2,(H,29,30)(H,31,32). The maximum atomic E-state index is 13.3. The number of alkyl halides is 6. The van der Waals surface area contributed by atoms with E-state index in [0.29, 0.717) is 12.1 Å². The second kappa shape index (κ2) is 11.6. The van der Waals surface area contributed by atoms with Crippen molar-refractivity contribution >= 4 is 11.9 Å². The Bertz CT molecular complexity index is 841. The highest BCUT2D eigenvalue weighted by molar-refractivity contribution is 5.67. The molecule has 0 bridgehead atoms.